The van der Waals surface area contributed by atoms with Gasteiger partial charge in [-0.05, 0) is 85.5 Å². The quantitative estimate of drug-likeness (QED) is 0.182. The first-order chi connectivity index (χ1) is 24.3. The first-order valence-electron chi connectivity index (χ1n) is 17.4. The molecule has 2 unspecified atom stereocenters. The molecule has 2 aliphatic heterocycles. The van der Waals surface area contributed by atoms with E-state index in [1.807, 2.05) is 30.3 Å². The molecule has 6 rings (SSSR count). The fraction of sp³-hybridized carbons (Fsp3) is 0.486. The van der Waals surface area contributed by atoms with Gasteiger partial charge in [-0.1, -0.05) is 42.5 Å². The van der Waals surface area contributed by atoms with Crippen molar-refractivity contribution in [1.29, 1.82) is 0 Å². The van der Waals surface area contributed by atoms with E-state index >= 15 is 0 Å². The highest BCUT2D eigenvalue weighted by molar-refractivity contribution is 7.93. The fourth-order valence-electron chi connectivity index (χ4n) is 6.88. The van der Waals surface area contributed by atoms with Crippen molar-refractivity contribution >= 4 is 25.8 Å². The number of rotatable bonds is 15. The predicted molar refractivity (Wildman–Crippen MR) is 192 cm³/mol. The topological polar surface area (TPSA) is 172 Å². The summed E-state index contributed by atoms with van der Waals surface area (Å²) < 4.78 is 65.6. The molecule has 3 aromatic rings. The Morgan fingerprint density at radius 1 is 0.961 bits per heavy atom. The molecule has 2 heterocycles. The number of benzene rings is 3. The normalized spacial score (nSPS) is 20.6. The molecule has 276 valence electrons. The first-order valence-corrected chi connectivity index (χ1v) is 20.3. The SMILES string of the molecule is CC(=O)NCCc1ccc(-c2cccc(S(=O)(=O)N3CCC4(CC3)CC(NCC(O)COc3cccc(S(=O)(=O)C5(CO)CC5)c3)CO4)c2)cc1. The van der Waals surface area contributed by atoms with Gasteiger partial charge < -0.3 is 30.3 Å². The third kappa shape index (κ3) is 8.48. The van der Waals surface area contributed by atoms with Crippen LogP contribution < -0.4 is 15.4 Å². The van der Waals surface area contributed by atoms with Crippen LogP contribution in [0.4, 0.5) is 0 Å². The maximum Gasteiger partial charge on any atom is 0.243 e. The predicted octanol–water partition coefficient (Wildman–Crippen LogP) is 2.67. The highest BCUT2D eigenvalue weighted by Gasteiger charge is 2.54. The first kappa shape index (κ1) is 37.4. The van der Waals surface area contributed by atoms with Crippen LogP contribution >= 0.6 is 0 Å². The average Bonchev–Trinajstić information content (AvgIpc) is 3.86. The van der Waals surface area contributed by atoms with Crippen LogP contribution in [0, 0.1) is 0 Å². The zero-order valence-corrected chi connectivity index (χ0v) is 30.4. The average molecular weight is 742 g/mol. The van der Waals surface area contributed by atoms with Gasteiger partial charge in [0.2, 0.25) is 15.9 Å². The summed E-state index contributed by atoms with van der Waals surface area (Å²) in [4.78, 5) is 11.5. The molecule has 3 aromatic carbocycles. The van der Waals surface area contributed by atoms with E-state index in [-0.39, 0.29) is 34.9 Å². The van der Waals surface area contributed by atoms with Crippen LogP contribution in [0.15, 0.2) is 82.6 Å². The van der Waals surface area contributed by atoms with Crippen LogP contribution in [0.2, 0.25) is 0 Å². The Morgan fingerprint density at radius 2 is 1.67 bits per heavy atom. The van der Waals surface area contributed by atoms with Crippen LogP contribution in [0.1, 0.15) is 44.6 Å². The Balaban J connectivity index is 0.964. The summed E-state index contributed by atoms with van der Waals surface area (Å²) in [6.45, 7) is 2.96. The number of ether oxygens (including phenoxy) is 2. The van der Waals surface area contributed by atoms with E-state index in [1.165, 1.54) is 23.4 Å². The molecule has 1 amide bonds. The van der Waals surface area contributed by atoms with Crippen molar-refractivity contribution in [2.75, 3.05) is 46.0 Å². The number of nitrogens with one attached hydrogen (secondary N) is 2. The largest absolute Gasteiger partial charge is 0.491 e. The summed E-state index contributed by atoms with van der Waals surface area (Å²) in [5, 5.41) is 26.3. The molecule has 0 aromatic heterocycles. The molecular weight excluding hydrogens is 695 g/mol. The number of hydrogen-bond donors (Lipinski definition) is 4. The van der Waals surface area contributed by atoms with Crippen LogP contribution in [0.5, 0.6) is 5.75 Å². The zero-order valence-electron chi connectivity index (χ0n) is 28.8. The van der Waals surface area contributed by atoms with Gasteiger partial charge in [-0.15, -0.1) is 0 Å². The molecule has 3 fully saturated rings. The number of sulfonamides is 1. The van der Waals surface area contributed by atoms with E-state index in [2.05, 4.69) is 10.6 Å². The number of amides is 1. The van der Waals surface area contributed by atoms with Crippen molar-refractivity contribution in [3.8, 4) is 16.9 Å². The Bertz CT molecular complexity index is 1910. The molecule has 2 saturated heterocycles. The molecule has 51 heavy (non-hydrogen) atoms. The van der Waals surface area contributed by atoms with E-state index in [0.717, 1.165) is 16.7 Å². The Hall–Kier alpha value is -3.37. The van der Waals surface area contributed by atoms with Gasteiger partial charge in [-0.25, -0.2) is 16.8 Å². The maximum atomic E-state index is 13.7. The van der Waals surface area contributed by atoms with Gasteiger partial charge in [-0.3, -0.25) is 4.79 Å². The summed E-state index contributed by atoms with van der Waals surface area (Å²) in [6.07, 6.45) is 2.53. The molecule has 4 N–H and O–H groups in total. The van der Waals surface area contributed by atoms with Crippen molar-refractivity contribution in [2.45, 2.75) is 77.7 Å². The third-order valence-electron chi connectivity index (χ3n) is 10.3. The smallest absolute Gasteiger partial charge is 0.243 e. The molecule has 1 aliphatic carbocycles. The molecule has 1 saturated carbocycles. The van der Waals surface area contributed by atoms with Gasteiger partial charge in [0.15, 0.2) is 9.84 Å². The molecule has 14 heteroatoms. The van der Waals surface area contributed by atoms with Crippen LogP contribution in [-0.4, -0.2) is 106 Å². The van der Waals surface area contributed by atoms with Gasteiger partial charge in [0, 0.05) is 39.1 Å². The minimum atomic E-state index is -3.72. The number of nitrogens with zero attached hydrogens (tertiary/aromatic N) is 1. The highest BCUT2D eigenvalue weighted by atomic mass is 32.2. The molecular formula is C37H47N3O9S2. The number of piperidine rings is 1. The van der Waals surface area contributed by atoms with Gasteiger partial charge in [0.1, 0.15) is 18.5 Å². The van der Waals surface area contributed by atoms with Crippen molar-refractivity contribution in [3.63, 3.8) is 0 Å². The number of sulfone groups is 1. The lowest BCUT2D eigenvalue weighted by molar-refractivity contribution is -0.118. The second kappa shape index (κ2) is 15.3. The molecule has 0 bridgehead atoms. The number of hydrogen-bond acceptors (Lipinski definition) is 10. The highest BCUT2D eigenvalue weighted by Crippen LogP contribution is 2.46. The van der Waals surface area contributed by atoms with Crippen LogP contribution in [0.25, 0.3) is 11.1 Å². The van der Waals surface area contributed by atoms with Crippen molar-refractivity contribution < 1.29 is 41.3 Å². The Kier molecular flexibility index (Phi) is 11.2. The lowest BCUT2D eigenvalue weighted by atomic mass is 9.88. The summed E-state index contributed by atoms with van der Waals surface area (Å²) in [6, 6.07) is 21.0. The lowest BCUT2D eigenvalue weighted by Gasteiger charge is -2.38. The molecule has 2 atom stereocenters. The molecule has 1 spiro atoms. The van der Waals surface area contributed by atoms with Crippen molar-refractivity contribution in [3.05, 3.63) is 78.4 Å². The van der Waals surface area contributed by atoms with Crippen LogP contribution in [0.3, 0.4) is 0 Å². The third-order valence-corrected chi connectivity index (χ3v) is 14.7. The minimum Gasteiger partial charge on any atom is -0.491 e. The summed E-state index contributed by atoms with van der Waals surface area (Å²) in [5.74, 6) is 0.261. The van der Waals surface area contributed by atoms with Gasteiger partial charge in [-0.2, -0.15) is 4.31 Å². The van der Waals surface area contributed by atoms with Crippen molar-refractivity contribution in [1.82, 2.24) is 14.9 Å². The maximum absolute atomic E-state index is 13.7. The monoisotopic (exact) mass is 741 g/mol. The van der Waals surface area contributed by atoms with E-state index in [1.54, 1.807) is 30.3 Å². The minimum absolute atomic E-state index is 0.0158. The fourth-order valence-corrected chi connectivity index (χ4v) is 10.2. The number of aliphatic hydroxyl groups excluding tert-OH is 2. The number of carbonyl (C=O) groups is 1. The second-order valence-electron chi connectivity index (χ2n) is 13.9. The summed E-state index contributed by atoms with van der Waals surface area (Å²) in [5.41, 5.74) is 2.36. The van der Waals surface area contributed by atoms with E-state index in [0.29, 0.717) is 70.5 Å². The summed E-state index contributed by atoms with van der Waals surface area (Å²) >= 11 is 0. The lowest BCUT2D eigenvalue weighted by Crippen LogP contribution is -2.47. The van der Waals surface area contributed by atoms with E-state index < -0.39 is 42.9 Å². The Labute approximate surface area is 300 Å². The van der Waals surface area contributed by atoms with Gasteiger partial charge in [0.25, 0.3) is 0 Å². The summed E-state index contributed by atoms with van der Waals surface area (Å²) in [7, 11) is -7.40. The van der Waals surface area contributed by atoms with E-state index in [4.69, 9.17) is 9.47 Å². The molecule has 12 nitrogen and oxygen atoms in total. The number of carbonyl (C=O) groups excluding carboxylic acids is 1. The second-order valence-corrected chi connectivity index (χ2v) is 18.2. The Morgan fingerprint density at radius 3 is 2.35 bits per heavy atom. The van der Waals surface area contributed by atoms with Crippen molar-refractivity contribution in [2.24, 2.45) is 0 Å². The molecule has 0 radical (unpaired) electrons. The molecule has 3 aliphatic rings. The van der Waals surface area contributed by atoms with E-state index in [9.17, 15) is 31.8 Å². The van der Waals surface area contributed by atoms with Gasteiger partial charge >= 0.3 is 0 Å². The zero-order chi connectivity index (χ0) is 36.3. The number of aliphatic hydroxyl groups is 2. The van der Waals surface area contributed by atoms with Gasteiger partial charge in [0.05, 0.1) is 33.4 Å². The standard InChI is InChI=1S/C37H47N3O9S2/c1-27(42)38-17-12-28-8-10-29(11-9-28)30-4-2-7-35(20-30)51(46,47)40-18-15-36(16-19-40)22-31(24-49-36)39-23-32(43)25-48-33-5-3-6-34(21-33)50(44,45)37(26-41)13-14-37/h2-11,20-21,31-32,39,41,43H,12-19,22-26H2,1H3,(H,38,42). The van der Waals surface area contributed by atoms with Crippen LogP contribution in [-0.2, 0) is 35.8 Å².